The summed E-state index contributed by atoms with van der Waals surface area (Å²) in [6, 6.07) is 10.7. The number of piperazine rings is 1. The Morgan fingerprint density at radius 2 is 1.88 bits per heavy atom. The minimum Gasteiger partial charge on any atom is -0.377 e. The van der Waals surface area contributed by atoms with Gasteiger partial charge in [0.15, 0.2) is 0 Å². The lowest BCUT2D eigenvalue weighted by atomic mass is 9.97. The number of rotatable bonds is 7. The van der Waals surface area contributed by atoms with E-state index in [1.165, 1.54) is 16.9 Å². The van der Waals surface area contributed by atoms with Crippen LogP contribution in [0, 0.1) is 6.92 Å². The molecule has 3 atom stereocenters. The normalized spacial score (nSPS) is 21.4. The van der Waals surface area contributed by atoms with E-state index in [1.54, 1.807) is 17.7 Å². The molecule has 4 heterocycles. The van der Waals surface area contributed by atoms with E-state index in [4.69, 9.17) is 9.72 Å². The van der Waals surface area contributed by atoms with Crippen molar-refractivity contribution in [1.29, 1.82) is 0 Å². The maximum Gasteiger partial charge on any atom is 0.265 e. The van der Waals surface area contributed by atoms with Crippen molar-refractivity contribution < 1.29 is 9.53 Å². The summed E-state index contributed by atoms with van der Waals surface area (Å²) in [4.78, 5) is 36.0. The van der Waals surface area contributed by atoms with Crippen LogP contribution in [0.25, 0.3) is 33.6 Å². The molecule has 2 bridgehead atoms. The summed E-state index contributed by atoms with van der Waals surface area (Å²) in [5.41, 5.74) is 7.40. The Balaban J connectivity index is 1.57. The second-order valence-electron chi connectivity index (χ2n) is 12.1. The fourth-order valence-corrected chi connectivity index (χ4v) is 7.29. The van der Waals surface area contributed by atoms with E-state index in [1.807, 2.05) is 30.2 Å². The number of methoxy groups -OCH3 is 1. The lowest BCUT2D eigenvalue weighted by Gasteiger charge is -2.34. The van der Waals surface area contributed by atoms with Gasteiger partial charge in [-0.2, -0.15) is 0 Å². The van der Waals surface area contributed by atoms with E-state index in [9.17, 15) is 9.59 Å². The summed E-state index contributed by atoms with van der Waals surface area (Å²) >= 11 is 1.44. The van der Waals surface area contributed by atoms with Crippen LogP contribution in [0.5, 0.6) is 0 Å². The summed E-state index contributed by atoms with van der Waals surface area (Å²) in [7, 11) is 1.69. The molecular weight excluding hydrogens is 556 g/mol. The Hall–Kier alpha value is -3.59. The molecule has 1 N–H and O–H groups in total. The number of pyridine rings is 1. The van der Waals surface area contributed by atoms with E-state index < -0.39 is 0 Å². The third-order valence-corrected chi connectivity index (χ3v) is 9.59. The third kappa shape index (κ3) is 5.84. The minimum atomic E-state index is -0.166. The number of hydrogen-bond acceptors (Lipinski definition) is 6. The number of allylic oxidation sites excluding steroid dienone is 3. The van der Waals surface area contributed by atoms with Gasteiger partial charge < -0.3 is 15.0 Å². The molecule has 7 nitrogen and oxygen atoms in total. The van der Waals surface area contributed by atoms with Gasteiger partial charge in [-0.25, -0.2) is 4.98 Å². The Morgan fingerprint density at radius 3 is 2.53 bits per heavy atom. The number of carbonyl (C=O) groups excluding carboxylic acids is 1. The van der Waals surface area contributed by atoms with E-state index >= 15 is 0 Å². The molecule has 1 aliphatic carbocycles. The van der Waals surface area contributed by atoms with Gasteiger partial charge in [-0.05, 0) is 57.7 Å². The minimum absolute atomic E-state index is 0.0375. The predicted molar refractivity (Wildman–Crippen MR) is 175 cm³/mol. The van der Waals surface area contributed by atoms with Crippen LogP contribution in [0.2, 0.25) is 0 Å². The van der Waals surface area contributed by atoms with Crippen LogP contribution >= 0.6 is 11.3 Å². The Morgan fingerprint density at radius 1 is 1.16 bits per heavy atom. The zero-order valence-electron chi connectivity index (χ0n) is 25.6. The molecule has 2 aromatic heterocycles. The van der Waals surface area contributed by atoms with Crippen LogP contribution in [-0.2, 0) is 4.74 Å². The molecule has 8 heteroatoms. The Kier molecular flexibility index (Phi) is 8.36. The Labute approximate surface area is 257 Å². The number of hydrogen-bond donors (Lipinski definition) is 1. The number of amides is 1. The summed E-state index contributed by atoms with van der Waals surface area (Å²) in [6.07, 6.45) is 9.40. The number of carbonyl (C=O) groups is 1. The van der Waals surface area contributed by atoms with Gasteiger partial charge in [0.25, 0.3) is 11.5 Å². The molecule has 2 saturated heterocycles. The number of nitrogens with one attached hydrogen (secondary N) is 1. The quantitative estimate of drug-likeness (QED) is 0.335. The van der Waals surface area contributed by atoms with Crippen LogP contribution in [0.1, 0.15) is 68.1 Å². The molecule has 0 radical (unpaired) electrons. The van der Waals surface area contributed by atoms with E-state index in [0.717, 1.165) is 47.4 Å². The second-order valence-corrected chi connectivity index (χ2v) is 13.0. The number of aromatic nitrogens is 2. The number of aryl methyl sites for hydroxylation is 1. The molecule has 3 aromatic rings. The Bertz CT molecular complexity index is 1680. The zero-order valence-corrected chi connectivity index (χ0v) is 26.5. The average molecular weight is 597 g/mol. The van der Waals surface area contributed by atoms with Gasteiger partial charge in [0, 0.05) is 55.3 Å². The first kappa shape index (κ1) is 29.5. The highest BCUT2D eigenvalue weighted by Crippen LogP contribution is 2.34. The summed E-state index contributed by atoms with van der Waals surface area (Å²) in [6.45, 7) is 9.51. The van der Waals surface area contributed by atoms with Crippen molar-refractivity contribution in [3.63, 3.8) is 0 Å². The van der Waals surface area contributed by atoms with Crippen LogP contribution in [-0.4, -0.2) is 58.7 Å². The number of fused-ring (bicyclic) bond motifs is 2. The number of benzene rings is 1. The van der Waals surface area contributed by atoms with Gasteiger partial charge in [0.1, 0.15) is 5.01 Å². The van der Waals surface area contributed by atoms with E-state index in [-0.39, 0.29) is 17.6 Å². The average Bonchev–Trinajstić information content (AvgIpc) is 3.62. The molecule has 3 aliphatic rings. The number of nitrogens with zero attached hydrogens (tertiary/aromatic N) is 3. The maximum atomic E-state index is 14.6. The van der Waals surface area contributed by atoms with Gasteiger partial charge in [0.05, 0.1) is 28.6 Å². The lowest BCUT2D eigenvalue weighted by molar-refractivity contribution is 0.0696. The molecule has 2 aliphatic heterocycles. The largest absolute Gasteiger partial charge is 0.377 e. The molecule has 1 amide bonds. The molecular formula is C35H40N4O3S. The van der Waals surface area contributed by atoms with Crippen LogP contribution in [0.4, 0.5) is 0 Å². The molecule has 224 valence electrons. The summed E-state index contributed by atoms with van der Waals surface area (Å²) in [5.74, 6) is -0.0375. The van der Waals surface area contributed by atoms with E-state index in [2.05, 4.69) is 55.6 Å². The second kappa shape index (κ2) is 12.2. The number of thiazole rings is 1. The van der Waals surface area contributed by atoms with Gasteiger partial charge >= 0.3 is 0 Å². The van der Waals surface area contributed by atoms with Gasteiger partial charge in [0.2, 0.25) is 0 Å². The SMILES string of the molecule is CCC1=C(n2c(C=C(C)C)c(C(=O)N3CC4CCC(C3)N4)cc(-c3nc(-c4ccc(C)cc4)cs3)c2=O)C[C@@H](OC)C=C1. The third-order valence-electron chi connectivity index (χ3n) is 8.71. The molecule has 1 aromatic carbocycles. The van der Waals surface area contributed by atoms with Crippen molar-refractivity contribution in [3.05, 3.63) is 86.2 Å². The van der Waals surface area contributed by atoms with Crippen molar-refractivity contribution in [3.8, 4) is 21.8 Å². The lowest BCUT2D eigenvalue weighted by Crippen LogP contribution is -2.53. The summed E-state index contributed by atoms with van der Waals surface area (Å²) in [5, 5.41) is 6.23. The van der Waals surface area contributed by atoms with Crippen molar-refractivity contribution in [2.45, 2.75) is 71.6 Å². The van der Waals surface area contributed by atoms with Crippen LogP contribution in [0.15, 0.2) is 63.8 Å². The zero-order chi connectivity index (χ0) is 30.2. The van der Waals surface area contributed by atoms with Crippen molar-refractivity contribution in [2.75, 3.05) is 20.2 Å². The predicted octanol–water partition coefficient (Wildman–Crippen LogP) is 6.54. The summed E-state index contributed by atoms with van der Waals surface area (Å²) < 4.78 is 7.52. The van der Waals surface area contributed by atoms with Gasteiger partial charge in [-0.3, -0.25) is 14.2 Å². The number of ether oxygens (including phenoxy) is 1. The first-order valence-corrected chi connectivity index (χ1v) is 16.1. The monoisotopic (exact) mass is 596 g/mol. The smallest absolute Gasteiger partial charge is 0.265 e. The maximum absolute atomic E-state index is 14.6. The molecule has 2 unspecified atom stereocenters. The first-order chi connectivity index (χ1) is 20.7. The van der Waals surface area contributed by atoms with Gasteiger partial charge in [-0.1, -0.05) is 54.5 Å². The molecule has 2 fully saturated rings. The van der Waals surface area contributed by atoms with Crippen LogP contribution < -0.4 is 10.9 Å². The fraction of sp³-hybridized carbons (Fsp3) is 0.400. The van der Waals surface area contributed by atoms with E-state index in [0.29, 0.717) is 53.4 Å². The highest BCUT2D eigenvalue weighted by atomic mass is 32.1. The van der Waals surface area contributed by atoms with Crippen molar-refractivity contribution in [1.82, 2.24) is 19.8 Å². The van der Waals surface area contributed by atoms with Gasteiger partial charge in [-0.15, -0.1) is 11.3 Å². The highest BCUT2D eigenvalue weighted by Gasteiger charge is 2.36. The topological polar surface area (TPSA) is 76.5 Å². The van der Waals surface area contributed by atoms with Crippen molar-refractivity contribution >= 4 is 29.0 Å². The standard InChI is InChI=1S/C35H40N4O3S/c1-6-23-11-14-27(42-5)16-31(23)39-32(15-21(2)3)28(34(40)38-18-25-12-13-26(19-38)36-25)17-29(35(39)41)33-37-30(20-43-33)24-9-7-22(4)8-10-24/h7-11,14-15,17,20,25-27,36H,6,12-13,16,18-19H2,1-5H3/t25?,26?,27-/m0/s1. The first-order valence-electron chi connectivity index (χ1n) is 15.2. The molecule has 0 spiro atoms. The molecule has 0 saturated carbocycles. The highest BCUT2D eigenvalue weighted by molar-refractivity contribution is 7.13. The number of likely N-dealkylation sites (tertiary alicyclic amines) is 1. The van der Waals surface area contributed by atoms with Crippen LogP contribution in [0.3, 0.4) is 0 Å². The van der Waals surface area contributed by atoms with Crippen molar-refractivity contribution in [2.24, 2.45) is 0 Å². The molecule has 43 heavy (non-hydrogen) atoms. The molecule has 6 rings (SSSR count). The fourth-order valence-electron chi connectivity index (χ4n) is 6.45.